The Labute approximate surface area is 801 Å². The first-order chi connectivity index (χ1) is 65.6. The van der Waals surface area contributed by atoms with Crippen LogP contribution < -0.4 is 52.2 Å². The number of ether oxygens (including phenoxy) is 1. The molecule has 18 aromatic rings. The van der Waals surface area contributed by atoms with E-state index >= 15 is 0 Å². The van der Waals surface area contributed by atoms with Crippen molar-refractivity contribution < 1.29 is 4.74 Å². The Balaban J connectivity index is 0.807. The largest absolute Gasteiger partial charge is 0.458 e. The second-order valence-electron chi connectivity index (χ2n) is 44.5. The molecule has 4 aliphatic heterocycles. The molecule has 4 nitrogen and oxygen atoms in total. The van der Waals surface area contributed by atoms with E-state index in [1.54, 1.807) is 0 Å². The van der Waals surface area contributed by atoms with Gasteiger partial charge >= 0.3 is 0 Å². The first-order valence-electron chi connectivity index (χ1n) is 48.9. The fraction of sp³-hybridized carbons (Fsp3) is 0.169. The van der Waals surface area contributed by atoms with Crippen LogP contribution in [0.2, 0.25) is 0 Å². The quantitative estimate of drug-likeness (QED) is 0.148. The molecule has 18 aromatic carbocycles. The van der Waals surface area contributed by atoms with Crippen LogP contribution in [0.25, 0.3) is 89.0 Å². The second kappa shape index (κ2) is 28.9. The average molecular weight is 1750 g/mol. The van der Waals surface area contributed by atoms with Gasteiger partial charge in [-0.05, 0) is 283 Å². The second-order valence-corrected chi connectivity index (χ2v) is 44.5. The van der Waals surface area contributed by atoms with E-state index in [0.717, 1.165) is 107 Å². The maximum absolute atomic E-state index is 8.54. The van der Waals surface area contributed by atoms with Gasteiger partial charge in [0.05, 0.1) is 16.5 Å². The van der Waals surface area contributed by atoms with Crippen LogP contribution in [0.15, 0.2) is 376 Å². The van der Waals surface area contributed by atoms with Crippen LogP contribution in [0.5, 0.6) is 11.5 Å². The van der Waals surface area contributed by atoms with Gasteiger partial charge < -0.3 is 19.4 Å². The van der Waals surface area contributed by atoms with Gasteiger partial charge in [0.2, 0.25) is 0 Å². The summed E-state index contributed by atoms with van der Waals surface area (Å²) in [6, 6.07) is 147. The molecule has 0 N–H and O–H groups in total. The lowest BCUT2D eigenvalue weighted by molar-refractivity contribution is 0.488. The Morgan fingerprint density at radius 2 is 0.515 bits per heavy atom. The molecule has 654 valence electrons. The normalized spacial score (nSPS) is 14.7. The molecule has 0 bridgehead atoms. The lowest BCUT2D eigenvalue weighted by Crippen LogP contribution is -2.64. The highest BCUT2D eigenvalue weighted by Gasteiger charge is 2.57. The predicted octanol–water partition coefficient (Wildman–Crippen LogP) is 30.0. The zero-order valence-electron chi connectivity index (χ0n) is 80.2. The minimum absolute atomic E-state index is 0.183. The van der Waals surface area contributed by atoms with Crippen LogP contribution >= 0.6 is 0 Å². The molecule has 6 heteroatoms. The number of nitrogens with zero attached hydrogens (tertiary/aromatic N) is 3. The lowest BCUT2D eigenvalue weighted by atomic mass is 9.30. The van der Waals surface area contributed by atoms with Crippen LogP contribution in [-0.4, -0.2) is 13.4 Å². The summed E-state index contributed by atoms with van der Waals surface area (Å²) in [5.74, 6) is 1.66. The van der Waals surface area contributed by atoms with Crippen molar-refractivity contribution in [2.75, 3.05) is 14.7 Å². The molecule has 136 heavy (non-hydrogen) atoms. The molecule has 0 atom stereocenters. The molecule has 4 aliphatic carbocycles. The van der Waals surface area contributed by atoms with Gasteiger partial charge in [0, 0.05) is 62.7 Å². The van der Waals surface area contributed by atoms with Crippen molar-refractivity contribution >= 4 is 97.4 Å². The number of hydrogen-bond donors (Lipinski definition) is 0. The van der Waals surface area contributed by atoms with E-state index in [0.29, 0.717) is 0 Å². The molecule has 0 amide bonds. The summed E-state index contributed by atoms with van der Waals surface area (Å²) < 4.78 is 8.54. The maximum atomic E-state index is 8.54. The van der Waals surface area contributed by atoms with Crippen molar-refractivity contribution in [3.63, 3.8) is 0 Å². The van der Waals surface area contributed by atoms with Crippen LogP contribution in [0.3, 0.4) is 0 Å². The van der Waals surface area contributed by atoms with Crippen LogP contribution in [0.1, 0.15) is 176 Å². The summed E-state index contributed by atoms with van der Waals surface area (Å²) in [5.41, 5.74) is 51.0. The van der Waals surface area contributed by atoms with Gasteiger partial charge in [0.25, 0.3) is 13.4 Å². The van der Waals surface area contributed by atoms with Gasteiger partial charge in [-0.3, -0.25) is 0 Å². The van der Waals surface area contributed by atoms with Crippen LogP contribution in [0, 0.1) is 0 Å². The highest BCUT2D eigenvalue weighted by Crippen LogP contribution is 2.68. The molecular formula is C130H107B2N3O. The molecule has 4 heterocycles. The van der Waals surface area contributed by atoms with Crippen molar-refractivity contribution in [2.45, 2.75) is 142 Å². The molecule has 0 unspecified atom stereocenters. The zero-order chi connectivity index (χ0) is 92.5. The molecule has 2 spiro atoms. The molecule has 0 fully saturated rings. The number of fused-ring (bicyclic) bond motifs is 28. The number of benzene rings is 18. The van der Waals surface area contributed by atoms with E-state index in [1.165, 1.54) is 150 Å². The average Bonchev–Trinajstić information content (AvgIpc) is 1.47. The van der Waals surface area contributed by atoms with E-state index in [1.807, 2.05) is 0 Å². The van der Waals surface area contributed by atoms with E-state index in [2.05, 4.69) is 495 Å². The summed E-state index contributed by atoms with van der Waals surface area (Å²) in [7, 11) is 0. The predicted molar refractivity (Wildman–Crippen MR) is 574 cm³/mol. The van der Waals surface area contributed by atoms with Crippen molar-refractivity contribution in [3.8, 4) is 101 Å². The molecule has 0 aromatic heterocycles. The Kier molecular flexibility index (Phi) is 17.4. The number of hydrogen-bond acceptors (Lipinski definition) is 4. The van der Waals surface area contributed by atoms with Gasteiger partial charge in [-0.2, -0.15) is 0 Å². The standard InChI is InChI=1S/C130H107B2N3O/c1-124(2,3)82-68-83(125(4,5)6)71-87(70-82)133-111-62-36-34-60-107(111)131-109-76-110-117(136-118-67-81(66-116-122(118)132(110)108-61-35-37-63-112(108)134(116)88-72-84(126(7,8)9)69-85(73-88)127(10,11)12)90-51-39-53-98-96-49-27-33-59-106(96)130(120(90)98)103-56-30-24-46-93(103)94-47-25-31-57-104(94)130)77-113(109)135(123-99(78-40-18-16-19-41-78)74-86(128(13,14)15)75-100(123)79-42-20-17-21-43-79)115-65-80(64-114(133)121(115)131)89-50-38-52-97-95-48-26-32-58-105(95)129(119(89)97)101-54-28-22-44-91(101)92-45-23-29-55-102(92)129/h16-77H,1-15H3. The maximum Gasteiger partial charge on any atom is 0.256 e. The van der Waals surface area contributed by atoms with Crippen molar-refractivity contribution in [2.24, 2.45) is 0 Å². The third kappa shape index (κ3) is 11.6. The first-order valence-corrected chi connectivity index (χ1v) is 48.9. The Morgan fingerprint density at radius 1 is 0.206 bits per heavy atom. The van der Waals surface area contributed by atoms with Crippen LogP contribution in [-0.2, 0) is 37.9 Å². The van der Waals surface area contributed by atoms with E-state index in [-0.39, 0.29) is 40.5 Å². The minimum Gasteiger partial charge on any atom is -0.458 e. The fourth-order valence-electron chi connectivity index (χ4n) is 25.2. The van der Waals surface area contributed by atoms with Gasteiger partial charge in [-0.25, -0.2) is 0 Å². The smallest absolute Gasteiger partial charge is 0.256 e. The molecule has 0 saturated heterocycles. The van der Waals surface area contributed by atoms with Crippen molar-refractivity contribution in [1.82, 2.24) is 0 Å². The summed E-state index contributed by atoms with van der Waals surface area (Å²) in [4.78, 5) is 8.11. The Bertz CT molecular complexity index is 7940. The third-order valence-corrected chi connectivity index (χ3v) is 31.6. The fourth-order valence-corrected chi connectivity index (χ4v) is 25.2. The Hall–Kier alpha value is -14.7. The van der Waals surface area contributed by atoms with E-state index < -0.39 is 10.8 Å². The van der Waals surface area contributed by atoms with Crippen molar-refractivity contribution in [3.05, 3.63) is 448 Å². The highest BCUT2D eigenvalue weighted by molar-refractivity contribution is 7.02. The summed E-state index contributed by atoms with van der Waals surface area (Å²) in [6.07, 6.45) is 0. The van der Waals surface area contributed by atoms with E-state index in [4.69, 9.17) is 4.74 Å². The van der Waals surface area contributed by atoms with Gasteiger partial charge in [0.15, 0.2) is 0 Å². The van der Waals surface area contributed by atoms with Crippen molar-refractivity contribution in [1.29, 1.82) is 0 Å². The summed E-state index contributed by atoms with van der Waals surface area (Å²) in [6.45, 7) is 35.0. The molecule has 0 radical (unpaired) electrons. The van der Waals surface area contributed by atoms with Gasteiger partial charge in [-0.1, -0.05) is 401 Å². The lowest BCUT2D eigenvalue weighted by Gasteiger charge is -2.46. The summed E-state index contributed by atoms with van der Waals surface area (Å²) >= 11 is 0. The third-order valence-electron chi connectivity index (χ3n) is 31.6. The molecular weight excluding hydrogens is 1640 g/mol. The van der Waals surface area contributed by atoms with E-state index in [9.17, 15) is 0 Å². The number of anilines is 9. The number of rotatable bonds is 7. The SMILES string of the molecule is CC(C)(C)c1cc(N2c3ccccc3B3c4cc5c(cc4Oc4cc(-c6cccc7c6C6(c8ccccc8-c8ccccc86)c6ccccc6-7)cc2c43)N(c2c(-c3ccccc3)cc(C(C)(C)C)cc2-c2ccccc2)c2cc(-c3cccc4c3C3(c6ccccc6-c6ccccc63)c3ccccc3-4)cc3c2B5c2ccccc2N3c2cc(C(C)(C)C)cc(C(C)(C)C)c2)cc(C(C)(C)C)c1. The van der Waals surface area contributed by atoms with Gasteiger partial charge in [-0.15, -0.1) is 0 Å². The summed E-state index contributed by atoms with van der Waals surface area (Å²) in [5, 5.41) is 0. The Morgan fingerprint density at radius 3 is 0.904 bits per heavy atom. The molecule has 8 aliphatic rings. The number of para-hydroxylation sites is 2. The first kappa shape index (κ1) is 82.0. The molecule has 0 saturated carbocycles. The van der Waals surface area contributed by atoms with Crippen LogP contribution in [0.4, 0.5) is 51.2 Å². The topological polar surface area (TPSA) is 19.0 Å². The monoisotopic (exact) mass is 1750 g/mol. The highest BCUT2D eigenvalue weighted by atomic mass is 16.5. The zero-order valence-corrected chi connectivity index (χ0v) is 80.2. The van der Waals surface area contributed by atoms with Gasteiger partial charge in [0.1, 0.15) is 11.5 Å². The minimum atomic E-state index is -0.677. The molecule has 26 rings (SSSR count).